The van der Waals surface area contributed by atoms with Crippen LogP contribution >= 0.6 is 0 Å². The summed E-state index contributed by atoms with van der Waals surface area (Å²) in [6, 6.07) is 2.99. The molecule has 0 radical (unpaired) electrons. The molecule has 1 aliphatic heterocycles. The summed E-state index contributed by atoms with van der Waals surface area (Å²) in [6.45, 7) is 3.59. The lowest BCUT2D eigenvalue weighted by Gasteiger charge is -2.17. The van der Waals surface area contributed by atoms with Gasteiger partial charge in [-0.3, -0.25) is 14.5 Å². The zero-order chi connectivity index (χ0) is 13.4. The van der Waals surface area contributed by atoms with Gasteiger partial charge in [0.25, 0.3) is 11.8 Å². The largest absolute Gasteiger partial charge is 0.497 e. The number of carbonyl (C=O) groups is 2. The summed E-state index contributed by atoms with van der Waals surface area (Å²) in [6.07, 6.45) is 0. The normalized spacial score (nSPS) is 14.2. The maximum atomic E-state index is 12.2. The van der Waals surface area contributed by atoms with Crippen LogP contribution in [-0.2, 0) is 0 Å². The fourth-order valence-electron chi connectivity index (χ4n) is 2.07. The molecular weight excluding hydrogens is 234 g/mol. The van der Waals surface area contributed by atoms with Crippen molar-refractivity contribution in [3.05, 3.63) is 23.3 Å². The van der Waals surface area contributed by atoms with Crippen LogP contribution in [0.4, 0.5) is 0 Å². The summed E-state index contributed by atoms with van der Waals surface area (Å²) >= 11 is 0. The first kappa shape index (κ1) is 12.4. The van der Waals surface area contributed by atoms with Gasteiger partial charge in [0, 0.05) is 12.1 Å². The van der Waals surface area contributed by atoms with Crippen molar-refractivity contribution in [3.8, 4) is 11.5 Å². The molecule has 18 heavy (non-hydrogen) atoms. The van der Waals surface area contributed by atoms with Crippen molar-refractivity contribution in [2.24, 2.45) is 0 Å². The van der Waals surface area contributed by atoms with Crippen LogP contribution < -0.4 is 9.47 Å². The third-order valence-corrected chi connectivity index (χ3v) is 2.93. The average Bonchev–Trinajstić information content (AvgIpc) is 2.60. The molecule has 0 saturated carbocycles. The molecule has 0 bridgehead atoms. The van der Waals surface area contributed by atoms with Crippen LogP contribution in [0.2, 0.25) is 0 Å². The van der Waals surface area contributed by atoms with Crippen LogP contribution in [0.15, 0.2) is 12.1 Å². The third kappa shape index (κ3) is 1.63. The Morgan fingerprint density at radius 1 is 1.06 bits per heavy atom. The highest BCUT2D eigenvalue weighted by Gasteiger charge is 2.40. The lowest BCUT2D eigenvalue weighted by atomic mass is 10.1. The zero-order valence-corrected chi connectivity index (χ0v) is 10.8. The molecule has 1 aliphatic rings. The van der Waals surface area contributed by atoms with Crippen LogP contribution in [0.3, 0.4) is 0 Å². The fraction of sp³-hybridized carbons (Fsp3) is 0.385. The number of nitrogens with zero attached hydrogens (tertiary/aromatic N) is 1. The maximum absolute atomic E-state index is 12.2. The standard InChI is InChI=1S/C13H15NO4/c1-7(2)14-12(15)9-5-8(17-3)6-10(18-4)11(9)13(14)16/h5-7H,1-4H3. The van der Waals surface area contributed by atoms with Crippen LogP contribution in [0.1, 0.15) is 34.6 Å². The molecule has 0 spiro atoms. The highest BCUT2D eigenvalue weighted by Crippen LogP contribution is 2.35. The van der Waals surface area contributed by atoms with Gasteiger partial charge in [-0.25, -0.2) is 0 Å². The number of methoxy groups -OCH3 is 2. The molecule has 2 amide bonds. The van der Waals surface area contributed by atoms with Crippen molar-refractivity contribution in [1.82, 2.24) is 4.90 Å². The van der Waals surface area contributed by atoms with E-state index in [1.54, 1.807) is 26.0 Å². The second-order valence-corrected chi connectivity index (χ2v) is 4.33. The van der Waals surface area contributed by atoms with Gasteiger partial charge in [0.05, 0.1) is 25.3 Å². The quantitative estimate of drug-likeness (QED) is 0.765. The maximum Gasteiger partial charge on any atom is 0.265 e. The second kappa shape index (κ2) is 4.33. The number of carbonyl (C=O) groups excluding carboxylic acids is 2. The number of ether oxygens (including phenoxy) is 2. The first-order valence-electron chi connectivity index (χ1n) is 5.65. The lowest BCUT2D eigenvalue weighted by molar-refractivity contribution is 0.0608. The summed E-state index contributed by atoms with van der Waals surface area (Å²) in [4.78, 5) is 25.6. The lowest BCUT2D eigenvalue weighted by Crippen LogP contribution is -2.35. The number of benzene rings is 1. The van der Waals surface area contributed by atoms with Crippen LogP contribution in [0, 0.1) is 0 Å². The van der Waals surface area contributed by atoms with E-state index in [1.165, 1.54) is 19.1 Å². The Bertz CT molecular complexity index is 522. The smallest absolute Gasteiger partial charge is 0.265 e. The van der Waals surface area contributed by atoms with Gasteiger partial charge in [-0.1, -0.05) is 0 Å². The number of imide groups is 1. The molecule has 0 N–H and O–H groups in total. The summed E-state index contributed by atoms with van der Waals surface area (Å²) in [7, 11) is 2.97. The molecule has 1 aromatic rings. The Hall–Kier alpha value is -2.04. The van der Waals surface area contributed by atoms with E-state index in [0.717, 1.165) is 0 Å². The molecule has 5 heteroatoms. The Kier molecular flexibility index (Phi) is 2.98. The van der Waals surface area contributed by atoms with Gasteiger partial charge in [0.2, 0.25) is 0 Å². The topological polar surface area (TPSA) is 55.8 Å². The van der Waals surface area contributed by atoms with Gasteiger partial charge in [0.15, 0.2) is 0 Å². The van der Waals surface area contributed by atoms with E-state index < -0.39 is 0 Å². The molecule has 5 nitrogen and oxygen atoms in total. The summed E-state index contributed by atoms with van der Waals surface area (Å²) in [5, 5.41) is 0. The number of hydrogen-bond donors (Lipinski definition) is 0. The van der Waals surface area contributed by atoms with Gasteiger partial charge >= 0.3 is 0 Å². The highest BCUT2D eigenvalue weighted by molar-refractivity contribution is 6.23. The minimum atomic E-state index is -0.315. The fourth-order valence-corrected chi connectivity index (χ4v) is 2.07. The van der Waals surface area contributed by atoms with Gasteiger partial charge in [-0.05, 0) is 19.9 Å². The molecule has 2 rings (SSSR count). The predicted octanol–water partition coefficient (Wildman–Crippen LogP) is 1.71. The SMILES string of the molecule is COc1cc(OC)c2c(c1)C(=O)N(C(C)C)C2=O. The van der Waals surface area contributed by atoms with Crippen molar-refractivity contribution in [2.45, 2.75) is 19.9 Å². The summed E-state index contributed by atoms with van der Waals surface area (Å²) in [5.74, 6) is 0.245. The Morgan fingerprint density at radius 2 is 1.72 bits per heavy atom. The number of fused-ring (bicyclic) bond motifs is 1. The molecule has 0 unspecified atom stereocenters. The Balaban J connectivity index is 2.63. The highest BCUT2D eigenvalue weighted by atomic mass is 16.5. The minimum Gasteiger partial charge on any atom is -0.497 e. The Morgan fingerprint density at radius 3 is 2.22 bits per heavy atom. The predicted molar refractivity (Wildman–Crippen MR) is 65.2 cm³/mol. The van der Waals surface area contributed by atoms with Gasteiger partial charge < -0.3 is 9.47 Å². The molecular formula is C13H15NO4. The van der Waals surface area contributed by atoms with Crippen LogP contribution in [-0.4, -0.2) is 37.0 Å². The molecule has 0 aromatic heterocycles. The first-order valence-corrected chi connectivity index (χ1v) is 5.65. The van der Waals surface area contributed by atoms with Crippen molar-refractivity contribution in [3.63, 3.8) is 0 Å². The van der Waals surface area contributed by atoms with Crippen molar-refractivity contribution in [2.75, 3.05) is 14.2 Å². The van der Waals surface area contributed by atoms with E-state index in [-0.39, 0.29) is 17.9 Å². The molecule has 0 aliphatic carbocycles. The molecule has 0 fully saturated rings. The first-order chi connectivity index (χ1) is 8.51. The summed E-state index contributed by atoms with van der Waals surface area (Å²) < 4.78 is 10.3. The van der Waals surface area contributed by atoms with Gasteiger partial charge in [-0.15, -0.1) is 0 Å². The zero-order valence-electron chi connectivity index (χ0n) is 10.8. The number of hydrogen-bond acceptors (Lipinski definition) is 4. The van der Waals surface area contributed by atoms with E-state index in [1.807, 2.05) is 0 Å². The van der Waals surface area contributed by atoms with E-state index in [4.69, 9.17) is 9.47 Å². The molecule has 96 valence electrons. The van der Waals surface area contributed by atoms with E-state index in [2.05, 4.69) is 0 Å². The van der Waals surface area contributed by atoms with Crippen molar-refractivity contribution < 1.29 is 19.1 Å². The Labute approximate surface area is 105 Å². The van der Waals surface area contributed by atoms with E-state index in [9.17, 15) is 9.59 Å². The van der Waals surface area contributed by atoms with E-state index >= 15 is 0 Å². The second-order valence-electron chi connectivity index (χ2n) is 4.33. The average molecular weight is 249 g/mol. The van der Waals surface area contributed by atoms with Crippen molar-refractivity contribution >= 4 is 11.8 Å². The molecule has 0 saturated heterocycles. The van der Waals surface area contributed by atoms with Crippen molar-refractivity contribution in [1.29, 1.82) is 0 Å². The molecule has 1 heterocycles. The molecule has 0 atom stereocenters. The summed E-state index contributed by atoms with van der Waals surface area (Å²) in [5.41, 5.74) is 0.655. The van der Waals surface area contributed by atoms with Crippen LogP contribution in [0.25, 0.3) is 0 Å². The number of rotatable bonds is 3. The number of amides is 2. The van der Waals surface area contributed by atoms with Crippen LogP contribution in [0.5, 0.6) is 11.5 Å². The van der Waals surface area contributed by atoms with E-state index in [0.29, 0.717) is 22.6 Å². The van der Waals surface area contributed by atoms with Gasteiger partial charge in [-0.2, -0.15) is 0 Å². The van der Waals surface area contributed by atoms with Gasteiger partial charge in [0.1, 0.15) is 11.5 Å². The minimum absolute atomic E-state index is 0.187. The monoisotopic (exact) mass is 249 g/mol. The molecule has 1 aromatic carbocycles. The third-order valence-electron chi connectivity index (χ3n) is 2.93.